The minimum absolute atomic E-state index is 0.0182. The standard InChI is InChI=1S/C19H20ClNO4/c1-4-12(2)25-18-16(20)8-13(9-17(18)24-3)11-21-15-7-5-6-14(10-15)19(22)23/h5-12H,4H2,1-3H3,(H,22,23)/t12-/m0/s1. The van der Waals surface area contributed by atoms with Gasteiger partial charge in [-0.1, -0.05) is 24.6 Å². The molecule has 0 spiro atoms. The number of methoxy groups -OCH3 is 1. The second kappa shape index (κ2) is 8.53. The number of carboxylic acids is 1. The third-order valence-electron chi connectivity index (χ3n) is 3.60. The summed E-state index contributed by atoms with van der Waals surface area (Å²) in [4.78, 5) is 15.3. The first-order valence-corrected chi connectivity index (χ1v) is 8.24. The van der Waals surface area contributed by atoms with Gasteiger partial charge in [0.05, 0.1) is 29.5 Å². The molecule has 2 rings (SSSR count). The molecule has 6 heteroatoms. The van der Waals surface area contributed by atoms with E-state index in [1.54, 1.807) is 37.6 Å². The minimum Gasteiger partial charge on any atom is -0.493 e. The summed E-state index contributed by atoms with van der Waals surface area (Å²) in [6, 6.07) is 9.88. The van der Waals surface area contributed by atoms with Gasteiger partial charge < -0.3 is 14.6 Å². The molecular weight excluding hydrogens is 342 g/mol. The Kier molecular flexibility index (Phi) is 6.42. The van der Waals surface area contributed by atoms with E-state index in [0.29, 0.717) is 22.2 Å². The molecule has 0 aliphatic heterocycles. The molecule has 0 aliphatic carbocycles. The first kappa shape index (κ1) is 18.8. The van der Waals surface area contributed by atoms with Gasteiger partial charge in [0.2, 0.25) is 0 Å². The zero-order valence-electron chi connectivity index (χ0n) is 14.3. The second-order valence-electron chi connectivity index (χ2n) is 5.48. The molecule has 2 aromatic rings. The third-order valence-corrected chi connectivity index (χ3v) is 3.88. The lowest BCUT2D eigenvalue weighted by Crippen LogP contribution is -2.11. The van der Waals surface area contributed by atoms with Gasteiger partial charge in [0.15, 0.2) is 11.5 Å². The smallest absolute Gasteiger partial charge is 0.335 e. The lowest BCUT2D eigenvalue weighted by atomic mass is 10.2. The predicted octanol–water partition coefficient (Wildman–Crippen LogP) is 4.97. The van der Waals surface area contributed by atoms with Gasteiger partial charge in [-0.25, -0.2) is 4.79 Å². The molecule has 0 fully saturated rings. The molecule has 0 aliphatic rings. The molecule has 25 heavy (non-hydrogen) atoms. The largest absolute Gasteiger partial charge is 0.493 e. The molecule has 0 amide bonds. The van der Waals surface area contributed by atoms with Crippen molar-refractivity contribution in [1.82, 2.24) is 0 Å². The van der Waals surface area contributed by atoms with Crippen molar-refractivity contribution in [2.45, 2.75) is 26.4 Å². The van der Waals surface area contributed by atoms with Gasteiger partial charge in [-0.2, -0.15) is 0 Å². The Hall–Kier alpha value is -2.53. The number of carboxylic acid groups (broad SMARTS) is 1. The number of halogens is 1. The van der Waals surface area contributed by atoms with Gasteiger partial charge in [0.25, 0.3) is 0 Å². The van der Waals surface area contributed by atoms with Crippen molar-refractivity contribution in [2.24, 2.45) is 4.99 Å². The highest BCUT2D eigenvalue weighted by Gasteiger charge is 2.14. The molecule has 0 saturated carbocycles. The normalized spacial score (nSPS) is 12.2. The number of ether oxygens (including phenoxy) is 2. The maximum atomic E-state index is 11.0. The lowest BCUT2D eigenvalue weighted by molar-refractivity contribution is 0.0697. The van der Waals surface area contributed by atoms with Crippen LogP contribution in [0.2, 0.25) is 5.02 Å². The maximum Gasteiger partial charge on any atom is 0.335 e. The molecule has 2 aromatic carbocycles. The molecule has 1 N–H and O–H groups in total. The highest BCUT2D eigenvalue weighted by molar-refractivity contribution is 6.32. The molecule has 132 valence electrons. The van der Waals surface area contributed by atoms with Crippen molar-refractivity contribution < 1.29 is 19.4 Å². The number of aliphatic imine (C=N–C) groups is 1. The second-order valence-corrected chi connectivity index (χ2v) is 5.89. The van der Waals surface area contributed by atoms with Crippen LogP contribution in [0.15, 0.2) is 41.4 Å². The number of benzene rings is 2. The molecule has 0 radical (unpaired) electrons. The van der Waals surface area contributed by atoms with E-state index in [2.05, 4.69) is 4.99 Å². The zero-order chi connectivity index (χ0) is 18.4. The number of carbonyl (C=O) groups is 1. The first-order valence-electron chi connectivity index (χ1n) is 7.86. The SMILES string of the molecule is CC[C@H](C)Oc1c(Cl)cc(C=Nc2cccc(C(=O)O)c2)cc1OC. The summed E-state index contributed by atoms with van der Waals surface area (Å²) in [6.45, 7) is 3.98. The number of hydrogen-bond acceptors (Lipinski definition) is 4. The summed E-state index contributed by atoms with van der Waals surface area (Å²) >= 11 is 6.32. The van der Waals surface area contributed by atoms with Crippen LogP contribution in [-0.4, -0.2) is 30.5 Å². The van der Waals surface area contributed by atoms with E-state index in [-0.39, 0.29) is 11.7 Å². The van der Waals surface area contributed by atoms with Gasteiger partial charge in [0.1, 0.15) is 0 Å². The fourth-order valence-corrected chi connectivity index (χ4v) is 2.35. The van der Waals surface area contributed by atoms with Gasteiger partial charge in [-0.05, 0) is 49.2 Å². The summed E-state index contributed by atoms with van der Waals surface area (Å²) in [6.07, 6.45) is 2.47. The summed E-state index contributed by atoms with van der Waals surface area (Å²) < 4.78 is 11.2. The maximum absolute atomic E-state index is 11.0. The van der Waals surface area contributed by atoms with Crippen LogP contribution in [0, 0.1) is 0 Å². The van der Waals surface area contributed by atoms with Crippen molar-refractivity contribution >= 4 is 29.5 Å². The van der Waals surface area contributed by atoms with Crippen LogP contribution in [0.3, 0.4) is 0 Å². The van der Waals surface area contributed by atoms with Gasteiger partial charge in [0, 0.05) is 6.21 Å². The minimum atomic E-state index is -0.992. The van der Waals surface area contributed by atoms with Crippen LogP contribution >= 0.6 is 11.6 Å². The van der Waals surface area contributed by atoms with Crippen molar-refractivity contribution in [3.05, 3.63) is 52.5 Å². The quantitative estimate of drug-likeness (QED) is 0.706. The zero-order valence-corrected chi connectivity index (χ0v) is 15.1. The number of rotatable bonds is 7. The average Bonchev–Trinajstić information content (AvgIpc) is 2.61. The van der Waals surface area contributed by atoms with Gasteiger partial charge in [-0.3, -0.25) is 4.99 Å². The van der Waals surface area contributed by atoms with Crippen molar-refractivity contribution in [2.75, 3.05) is 7.11 Å². The van der Waals surface area contributed by atoms with E-state index in [9.17, 15) is 4.79 Å². The summed E-state index contributed by atoms with van der Waals surface area (Å²) in [5.41, 5.74) is 1.44. The molecule has 0 unspecified atom stereocenters. The van der Waals surface area contributed by atoms with Crippen LogP contribution in [0.4, 0.5) is 5.69 Å². The Balaban J connectivity index is 2.29. The summed E-state index contributed by atoms with van der Waals surface area (Å²) in [7, 11) is 1.55. The Morgan fingerprint density at radius 2 is 2.12 bits per heavy atom. The van der Waals surface area contributed by atoms with Crippen LogP contribution < -0.4 is 9.47 Å². The Morgan fingerprint density at radius 3 is 2.76 bits per heavy atom. The molecule has 0 bridgehead atoms. The Morgan fingerprint density at radius 1 is 1.36 bits per heavy atom. The van der Waals surface area contributed by atoms with E-state index in [1.807, 2.05) is 13.8 Å². The van der Waals surface area contributed by atoms with Crippen LogP contribution in [0.1, 0.15) is 36.2 Å². The summed E-state index contributed by atoms with van der Waals surface area (Å²) in [5.74, 6) is 0.0328. The number of aromatic carboxylic acids is 1. The first-order chi connectivity index (χ1) is 11.9. The molecule has 0 aromatic heterocycles. The fourth-order valence-electron chi connectivity index (χ4n) is 2.08. The molecular formula is C19H20ClNO4. The molecule has 0 heterocycles. The van der Waals surface area contributed by atoms with E-state index in [0.717, 1.165) is 12.0 Å². The molecule has 1 atom stereocenters. The fraction of sp³-hybridized carbons (Fsp3) is 0.263. The molecule has 5 nitrogen and oxygen atoms in total. The van der Waals surface area contributed by atoms with Crippen LogP contribution in [0.5, 0.6) is 11.5 Å². The van der Waals surface area contributed by atoms with Crippen molar-refractivity contribution in [3.63, 3.8) is 0 Å². The van der Waals surface area contributed by atoms with E-state index in [1.165, 1.54) is 12.1 Å². The van der Waals surface area contributed by atoms with Crippen molar-refractivity contribution in [3.8, 4) is 11.5 Å². The van der Waals surface area contributed by atoms with Gasteiger partial charge in [-0.15, -0.1) is 0 Å². The highest BCUT2D eigenvalue weighted by Crippen LogP contribution is 2.37. The monoisotopic (exact) mass is 361 g/mol. The topological polar surface area (TPSA) is 68.1 Å². The van der Waals surface area contributed by atoms with Crippen molar-refractivity contribution in [1.29, 1.82) is 0 Å². The highest BCUT2D eigenvalue weighted by atomic mass is 35.5. The summed E-state index contributed by atoms with van der Waals surface area (Å²) in [5, 5.41) is 9.45. The predicted molar refractivity (Wildman–Crippen MR) is 99.0 cm³/mol. The Bertz CT molecular complexity index is 789. The molecule has 0 saturated heterocycles. The van der Waals surface area contributed by atoms with Crippen LogP contribution in [0.25, 0.3) is 0 Å². The van der Waals surface area contributed by atoms with E-state index in [4.69, 9.17) is 26.2 Å². The number of hydrogen-bond donors (Lipinski definition) is 1. The van der Waals surface area contributed by atoms with E-state index >= 15 is 0 Å². The lowest BCUT2D eigenvalue weighted by Gasteiger charge is -2.17. The number of nitrogens with zero attached hydrogens (tertiary/aromatic N) is 1. The van der Waals surface area contributed by atoms with E-state index < -0.39 is 5.97 Å². The average molecular weight is 362 g/mol. The Labute approximate surface area is 151 Å². The van der Waals surface area contributed by atoms with Crippen LogP contribution in [-0.2, 0) is 0 Å². The third kappa shape index (κ3) is 4.97. The van der Waals surface area contributed by atoms with Gasteiger partial charge >= 0.3 is 5.97 Å².